The van der Waals surface area contributed by atoms with Gasteiger partial charge in [0.2, 0.25) is 0 Å². The quantitative estimate of drug-likeness (QED) is 0.765. The number of hydrogen-bond donors (Lipinski definition) is 0. The Morgan fingerprint density at radius 1 is 1.06 bits per heavy atom. The third-order valence-electron chi connectivity index (χ3n) is 3.88. The summed E-state index contributed by atoms with van der Waals surface area (Å²) in [5.41, 5.74) is 1.45. The van der Waals surface area contributed by atoms with Crippen molar-refractivity contribution in [1.82, 2.24) is 4.90 Å². The summed E-state index contributed by atoms with van der Waals surface area (Å²) < 4.78 is 5.50. The fraction of sp³-hybridized carbons (Fsp3) is 0.571. The highest BCUT2D eigenvalue weighted by atomic mass is 16.5. The molecular formula is C14H19NO. The maximum Gasteiger partial charge on any atom is 0.0510 e. The van der Waals surface area contributed by atoms with Gasteiger partial charge >= 0.3 is 0 Å². The van der Waals surface area contributed by atoms with E-state index in [1.807, 2.05) is 0 Å². The van der Waals surface area contributed by atoms with Gasteiger partial charge in [0.25, 0.3) is 0 Å². The van der Waals surface area contributed by atoms with Crippen molar-refractivity contribution >= 4 is 0 Å². The number of benzene rings is 1. The van der Waals surface area contributed by atoms with E-state index in [0.717, 1.165) is 25.0 Å². The molecule has 2 saturated heterocycles. The lowest BCUT2D eigenvalue weighted by Crippen LogP contribution is -2.25. The van der Waals surface area contributed by atoms with E-state index in [-0.39, 0.29) is 0 Å². The molecular weight excluding hydrogens is 198 g/mol. The van der Waals surface area contributed by atoms with E-state index in [4.69, 9.17) is 4.74 Å². The van der Waals surface area contributed by atoms with Crippen LogP contribution >= 0.6 is 0 Å². The number of nitrogens with zero attached hydrogens (tertiary/aromatic N) is 1. The molecule has 3 rings (SSSR count). The molecule has 2 unspecified atom stereocenters. The topological polar surface area (TPSA) is 12.5 Å². The van der Waals surface area contributed by atoms with E-state index in [2.05, 4.69) is 35.2 Å². The Kier molecular flexibility index (Phi) is 2.94. The molecule has 2 aliphatic heterocycles. The van der Waals surface area contributed by atoms with Crippen LogP contribution in [0.5, 0.6) is 0 Å². The van der Waals surface area contributed by atoms with Crippen LogP contribution in [-0.2, 0) is 11.2 Å². The molecule has 0 aromatic heterocycles. The molecule has 0 bridgehead atoms. The van der Waals surface area contributed by atoms with Crippen molar-refractivity contribution in [1.29, 1.82) is 0 Å². The predicted molar refractivity (Wildman–Crippen MR) is 64.4 cm³/mol. The van der Waals surface area contributed by atoms with Gasteiger partial charge in [0.15, 0.2) is 0 Å². The van der Waals surface area contributed by atoms with Gasteiger partial charge in [-0.3, -0.25) is 0 Å². The molecule has 0 aliphatic carbocycles. The van der Waals surface area contributed by atoms with E-state index in [1.165, 1.54) is 31.6 Å². The van der Waals surface area contributed by atoms with Crippen LogP contribution in [-0.4, -0.2) is 37.7 Å². The van der Waals surface area contributed by atoms with Crippen LogP contribution in [0.2, 0.25) is 0 Å². The maximum absolute atomic E-state index is 5.50. The highest BCUT2D eigenvalue weighted by Crippen LogP contribution is 2.28. The zero-order chi connectivity index (χ0) is 10.8. The van der Waals surface area contributed by atoms with Crippen LogP contribution < -0.4 is 0 Å². The Morgan fingerprint density at radius 3 is 2.44 bits per heavy atom. The van der Waals surface area contributed by atoms with Crippen LogP contribution in [0.3, 0.4) is 0 Å². The lowest BCUT2D eigenvalue weighted by Gasteiger charge is -2.16. The molecule has 16 heavy (non-hydrogen) atoms. The summed E-state index contributed by atoms with van der Waals surface area (Å²) >= 11 is 0. The van der Waals surface area contributed by atoms with Gasteiger partial charge in [-0.1, -0.05) is 30.3 Å². The first-order valence-electron chi connectivity index (χ1n) is 6.26. The Labute approximate surface area is 97.2 Å². The van der Waals surface area contributed by atoms with E-state index < -0.39 is 0 Å². The Bertz CT molecular complexity index is 326. The van der Waals surface area contributed by atoms with Gasteiger partial charge in [0.1, 0.15) is 0 Å². The van der Waals surface area contributed by atoms with Crippen LogP contribution in [0.15, 0.2) is 30.3 Å². The average Bonchev–Trinajstić information content (AvgIpc) is 2.88. The minimum absolute atomic E-state index is 0.816. The summed E-state index contributed by atoms with van der Waals surface area (Å²) in [6, 6.07) is 10.8. The number of rotatable bonds is 3. The second kappa shape index (κ2) is 4.56. The first-order chi connectivity index (χ1) is 7.92. The standard InChI is InChI=1S/C14H19NO/c1-2-4-12(5-3-1)6-7-15-8-13-10-16-11-14(13)9-15/h1-5,13-14H,6-11H2. The lowest BCUT2D eigenvalue weighted by atomic mass is 10.0. The van der Waals surface area contributed by atoms with E-state index in [1.54, 1.807) is 0 Å². The smallest absolute Gasteiger partial charge is 0.0510 e. The summed E-state index contributed by atoms with van der Waals surface area (Å²) in [5.74, 6) is 1.63. The molecule has 86 valence electrons. The first kappa shape index (κ1) is 10.3. The van der Waals surface area contributed by atoms with Crippen molar-refractivity contribution in [3.8, 4) is 0 Å². The van der Waals surface area contributed by atoms with E-state index in [0.29, 0.717) is 0 Å². The van der Waals surface area contributed by atoms with Gasteiger partial charge in [-0.05, 0) is 12.0 Å². The number of fused-ring (bicyclic) bond motifs is 1. The van der Waals surface area contributed by atoms with Crippen molar-refractivity contribution < 1.29 is 4.74 Å². The van der Waals surface area contributed by atoms with Gasteiger partial charge in [-0.25, -0.2) is 0 Å². The molecule has 0 amide bonds. The first-order valence-corrected chi connectivity index (χ1v) is 6.26. The SMILES string of the molecule is c1ccc(CCN2CC3COCC3C2)cc1. The second-order valence-corrected chi connectivity index (χ2v) is 5.05. The second-order valence-electron chi connectivity index (χ2n) is 5.05. The molecule has 2 heterocycles. The minimum atomic E-state index is 0.816. The summed E-state index contributed by atoms with van der Waals surface area (Å²) in [6.45, 7) is 5.69. The molecule has 0 radical (unpaired) electrons. The van der Waals surface area contributed by atoms with Gasteiger partial charge < -0.3 is 9.64 Å². The third kappa shape index (κ3) is 2.13. The minimum Gasteiger partial charge on any atom is -0.381 e. The normalized spacial score (nSPS) is 29.5. The zero-order valence-corrected chi connectivity index (χ0v) is 9.64. The van der Waals surface area contributed by atoms with Crippen molar-refractivity contribution in [2.75, 3.05) is 32.8 Å². The molecule has 0 N–H and O–H groups in total. The summed E-state index contributed by atoms with van der Waals surface area (Å²) in [6.07, 6.45) is 1.18. The third-order valence-corrected chi connectivity index (χ3v) is 3.88. The van der Waals surface area contributed by atoms with Crippen LogP contribution in [0, 0.1) is 11.8 Å². The highest BCUT2D eigenvalue weighted by Gasteiger charge is 2.36. The van der Waals surface area contributed by atoms with Crippen molar-refractivity contribution in [2.45, 2.75) is 6.42 Å². The fourth-order valence-corrected chi connectivity index (χ4v) is 2.90. The molecule has 2 atom stereocenters. The molecule has 2 nitrogen and oxygen atoms in total. The van der Waals surface area contributed by atoms with Gasteiger partial charge in [-0.15, -0.1) is 0 Å². The summed E-state index contributed by atoms with van der Waals surface area (Å²) in [4.78, 5) is 2.60. The van der Waals surface area contributed by atoms with E-state index >= 15 is 0 Å². The van der Waals surface area contributed by atoms with Crippen molar-refractivity contribution in [2.24, 2.45) is 11.8 Å². The Hall–Kier alpha value is -0.860. The maximum atomic E-state index is 5.50. The molecule has 0 saturated carbocycles. The number of likely N-dealkylation sites (tertiary alicyclic amines) is 1. The average molecular weight is 217 g/mol. The van der Waals surface area contributed by atoms with Gasteiger partial charge in [0.05, 0.1) is 13.2 Å². The molecule has 2 aliphatic rings. The number of ether oxygens (including phenoxy) is 1. The molecule has 0 spiro atoms. The van der Waals surface area contributed by atoms with Crippen LogP contribution in [0.4, 0.5) is 0 Å². The molecule has 1 aromatic rings. The van der Waals surface area contributed by atoms with Crippen molar-refractivity contribution in [3.05, 3.63) is 35.9 Å². The summed E-state index contributed by atoms with van der Waals surface area (Å²) in [5, 5.41) is 0. The van der Waals surface area contributed by atoms with E-state index in [9.17, 15) is 0 Å². The zero-order valence-electron chi connectivity index (χ0n) is 9.64. The van der Waals surface area contributed by atoms with Crippen LogP contribution in [0.25, 0.3) is 0 Å². The fourth-order valence-electron chi connectivity index (χ4n) is 2.90. The van der Waals surface area contributed by atoms with Gasteiger partial charge in [0, 0.05) is 31.5 Å². The summed E-state index contributed by atoms with van der Waals surface area (Å²) in [7, 11) is 0. The largest absolute Gasteiger partial charge is 0.381 e. The molecule has 2 heteroatoms. The lowest BCUT2D eigenvalue weighted by molar-refractivity contribution is 0.155. The molecule has 1 aromatic carbocycles. The van der Waals surface area contributed by atoms with Gasteiger partial charge in [-0.2, -0.15) is 0 Å². The van der Waals surface area contributed by atoms with Crippen molar-refractivity contribution in [3.63, 3.8) is 0 Å². The van der Waals surface area contributed by atoms with Crippen LogP contribution in [0.1, 0.15) is 5.56 Å². The predicted octanol–water partition coefficient (Wildman–Crippen LogP) is 1.81. The highest BCUT2D eigenvalue weighted by molar-refractivity contribution is 5.14. The number of hydrogen-bond acceptors (Lipinski definition) is 2. The molecule has 2 fully saturated rings. The Morgan fingerprint density at radius 2 is 1.75 bits per heavy atom. The Balaban J connectivity index is 1.50. The monoisotopic (exact) mass is 217 g/mol.